The van der Waals surface area contributed by atoms with Crippen molar-refractivity contribution in [2.24, 2.45) is 0 Å². The summed E-state index contributed by atoms with van der Waals surface area (Å²) in [6.45, 7) is 0.207. The van der Waals surface area contributed by atoms with Crippen LogP contribution in [0, 0.1) is 0 Å². The number of alkyl carbamates (subject to hydrolysis) is 1. The van der Waals surface area contributed by atoms with Crippen LogP contribution in [-0.2, 0) is 21.6 Å². The summed E-state index contributed by atoms with van der Waals surface area (Å²) in [4.78, 5) is 33.7. The molecule has 152 valence electrons. The molecule has 7 heteroatoms. The summed E-state index contributed by atoms with van der Waals surface area (Å²) in [5.41, 5.74) is 1.47. The van der Waals surface area contributed by atoms with Crippen LogP contribution in [-0.4, -0.2) is 29.1 Å². The molecule has 0 saturated heterocycles. The van der Waals surface area contributed by atoms with Crippen molar-refractivity contribution < 1.29 is 19.1 Å². The average molecular weight is 395 g/mol. The van der Waals surface area contributed by atoms with Gasteiger partial charge in [0, 0.05) is 12.1 Å². The second kappa shape index (κ2) is 8.19. The van der Waals surface area contributed by atoms with Gasteiger partial charge >= 0.3 is 12.1 Å². The summed E-state index contributed by atoms with van der Waals surface area (Å²) in [5.74, 6) is 0.355. The van der Waals surface area contributed by atoms with Crippen LogP contribution in [0.4, 0.5) is 4.79 Å². The molecule has 0 aliphatic heterocycles. The zero-order chi connectivity index (χ0) is 20.3. The summed E-state index contributed by atoms with van der Waals surface area (Å²) < 4.78 is 10.3. The molecule has 2 fully saturated rings. The number of carbonyl (C=O) groups is 2. The zero-order valence-electron chi connectivity index (χ0n) is 16.5. The third kappa shape index (κ3) is 4.23. The summed E-state index contributed by atoms with van der Waals surface area (Å²) >= 11 is 0. The monoisotopic (exact) mass is 395 g/mol. The number of aromatic nitrogens is 2. The van der Waals surface area contributed by atoms with E-state index < -0.39 is 17.6 Å². The second-order valence-corrected chi connectivity index (χ2v) is 7.73. The van der Waals surface area contributed by atoms with Gasteiger partial charge in [-0.3, -0.25) is 0 Å². The Balaban J connectivity index is 1.50. The van der Waals surface area contributed by atoms with Gasteiger partial charge in [-0.05, 0) is 31.2 Å². The number of carbonyl (C=O) groups excluding carboxylic acids is 2. The van der Waals surface area contributed by atoms with Gasteiger partial charge in [0.25, 0.3) is 0 Å². The van der Waals surface area contributed by atoms with E-state index in [0.29, 0.717) is 11.4 Å². The third-order valence-electron chi connectivity index (χ3n) is 5.70. The summed E-state index contributed by atoms with van der Waals surface area (Å²) in [5, 5.41) is 2.93. The highest BCUT2D eigenvalue weighted by atomic mass is 16.5. The predicted octanol–water partition coefficient (Wildman–Crippen LogP) is 3.84. The van der Waals surface area contributed by atoms with Gasteiger partial charge in [0.1, 0.15) is 12.1 Å². The number of benzene rings is 1. The SMILES string of the molecule is COC(=O)c1cnc(C2(NC(=O)OCc3ccccc3)CC2)nc1C1CCCC1. The largest absolute Gasteiger partial charge is 0.465 e. The Morgan fingerprint density at radius 2 is 1.90 bits per heavy atom. The van der Waals surface area contributed by atoms with Crippen molar-refractivity contribution in [3.05, 3.63) is 59.2 Å². The summed E-state index contributed by atoms with van der Waals surface area (Å²) in [7, 11) is 1.36. The number of esters is 1. The highest BCUT2D eigenvalue weighted by Crippen LogP contribution is 2.45. The number of amides is 1. The molecule has 1 N–H and O–H groups in total. The molecule has 29 heavy (non-hydrogen) atoms. The Labute approximate surface area is 169 Å². The van der Waals surface area contributed by atoms with Gasteiger partial charge in [-0.15, -0.1) is 0 Å². The van der Waals surface area contributed by atoms with Gasteiger partial charge < -0.3 is 14.8 Å². The van der Waals surface area contributed by atoms with E-state index in [1.165, 1.54) is 7.11 Å². The Morgan fingerprint density at radius 3 is 2.55 bits per heavy atom. The van der Waals surface area contributed by atoms with Crippen LogP contribution in [0.3, 0.4) is 0 Å². The van der Waals surface area contributed by atoms with Crippen LogP contribution < -0.4 is 5.32 Å². The van der Waals surface area contributed by atoms with Gasteiger partial charge in [0.15, 0.2) is 5.82 Å². The normalized spacial score (nSPS) is 17.6. The van der Waals surface area contributed by atoms with Crippen LogP contribution in [0.15, 0.2) is 36.5 Å². The summed E-state index contributed by atoms with van der Waals surface area (Å²) in [6.07, 6.45) is 6.79. The van der Waals surface area contributed by atoms with Crippen molar-refractivity contribution in [1.82, 2.24) is 15.3 Å². The molecule has 2 saturated carbocycles. The first kappa shape index (κ1) is 19.4. The lowest BCUT2D eigenvalue weighted by Gasteiger charge is -2.19. The maximum absolute atomic E-state index is 12.3. The molecule has 0 radical (unpaired) electrons. The van der Waals surface area contributed by atoms with E-state index in [9.17, 15) is 9.59 Å². The van der Waals surface area contributed by atoms with Gasteiger partial charge in [0.2, 0.25) is 0 Å². The number of ether oxygens (including phenoxy) is 2. The number of methoxy groups -OCH3 is 1. The van der Waals surface area contributed by atoms with Gasteiger partial charge in [-0.1, -0.05) is 43.2 Å². The van der Waals surface area contributed by atoms with E-state index in [1.54, 1.807) is 6.20 Å². The van der Waals surface area contributed by atoms with Crippen molar-refractivity contribution in [2.45, 2.75) is 56.6 Å². The Bertz CT molecular complexity index is 890. The molecule has 1 aromatic carbocycles. The Hall–Kier alpha value is -2.96. The molecule has 0 spiro atoms. The van der Waals surface area contributed by atoms with E-state index >= 15 is 0 Å². The summed E-state index contributed by atoms with van der Waals surface area (Å²) in [6, 6.07) is 9.53. The van der Waals surface area contributed by atoms with Gasteiger partial charge in [-0.2, -0.15) is 0 Å². The van der Waals surface area contributed by atoms with Crippen molar-refractivity contribution in [2.75, 3.05) is 7.11 Å². The first-order chi connectivity index (χ1) is 14.1. The lowest BCUT2D eigenvalue weighted by molar-refractivity contribution is 0.0597. The van der Waals surface area contributed by atoms with Crippen LogP contribution in [0.5, 0.6) is 0 Å². The molecule has 0 unspecified atom stereocenters. The fourth-order valence-electron chi connectivity index (χ4n) is 3.89. The van der Waals surface area contributed by atoms with Crippen molar-refractivity contribution in [3.63, 3.8) is 0 Å². The number of hydrogen-bond donors (Lipinski definition) is 1. The standard InChI is InChI=1S/C22H25N3O4/c1-28-19(26)17-13-23-20(24-18(17)16-9-5-6-10-16)22(11-12-22)25-21(27)29-14-15-7-3-2-4-8-15/h2-4,7-8,13,16H,5-6,9-12,14H2,1H3,(H,25,27). The molecule has 1 amide bonds. The fraction of sp³-hybridized carbons (Fsp3) is 0.455. The quantitative estimate of drug-likeness (QED) is 0.748. The molecular weight excluding hydrogens is 370 g/mol. The molecule has 0 atom stereocenters. The molecule has 2 aliphatic rings. The lowest BCUT2D eigenvalue weighted by Crippen LogP contribution is -2.37. The third-order valence-corrected chi connectivity index (χ3v) is 5.70. The first-order valence-electron chi connectivity index (χ1n) is 10.1. The lowest BCUT2D eigenvalue weighted by atomic mass is 9.99. The van der Waals surface area contributed by atoms with E-state index in [0.717, 1.165) is 49.8 Å². The molecule has 2 aliphatic carbocycles. The fourth-order valence-corrected chi connectivity index (χ4v) is 3.89. The number of hydrogen-bond acceptors (Lipinski definition) is 6. The molecular formula is C22H25N3O4. The van der Waals surface area contributed by atoms with Crippen LogP contribution in [0.25, 0.3) is 0 Å². The van der Waals surface area contributed by atoms with Crippen LogP contribution in [0.2, 0.25) is 0 Å². The maximum atomic E-state index is 12.3. The minimum atomic E-state index is -0.615. The average Bonchev–Trinajstić information content (AvgIpc) is 3.32. The smallest absolute Gasteiger partial charge is 0.408 e. The first-order valence-corrected chi connectivity index (χ1v) is 10.1. The molecule has 4 rings (SSSR count). The Morgan fingerprint density at radius 1 is 1.17 bits per heavy atom. The van der Waals surface area contributed by atoms with Gasteiger partial charge in [-0.25, -0.2) is 19.6 Å². The minimum absolute atomic E-state index is 0.207. The zero-order valence-corrected chi connectivity index (χ0v) is 16.5. The van der Waals surface area contributed by atoms with E-state index in [2.05, 4.69) is 10.3 Å². The van der Waals surface area contributed by atoms with E-state index in [4.69, 9.17) is 14.5 Å². The molecule has 1 aromatic heterocycles. The maximum Gasteiger partial charge on any atom is 0.408 e. The van der Waals surface area contributed by atoms with Crippen molar-refractivity contribution in [1.29, 1.82) is 0 Å². The molecule has 2 aromatic rings. The highest BCUT2D eigenvalue weighted by Gasteiger charge is 2.49. The number of nitrogens with zero attached hydrogens (tertiary/aromatic N) is 2. The van der Waals surface area contributed by atoms with E-state index in [-0.39, 0.29) is 12.5 Å². The molecule has 0 bridgehead atoms. The topological polar surface area (TPSA) is 90.4 Å². The predicted molar refractivity (Wildman–Crippen MR) is 105 cm³/mol. The molecule has 1 heterocycles. The molecule has 7 nitrogen and oxygen atoms in total. The van der Waals surface area contributed by atoms with Gasteiger partial charge in [0.05, 0.1) is 18.4 Å². The van der Waals surface area contributed by atoms with Crippen LogP contribution in [0.1, 0.15) is 71.9 Å². The Kier molecular flexibility index (Phi) is 5.47. The minimum Gasteiger partial charge on any atom is -0.465 e. The van der Waals surface area contributed by atoms with Crippen molar-refractivity contribution >= 4 is 12.1 Å². The van der Waals surface area contributed by atoms with E-state index in [1.807, 2.05) is 30.3 Å². The van der Waals surface area contributed by atoms with Crippen LogP contribution >= 0.6 is 0 Å². The number of nitrogens with one attached hydrogen (secondary N) is 1. The van der Waals surface area contributed by atoms with Crippen molar-refractivity contribution in [3.8, 4) is 0 Å². The second-order valence-electron chi connectivity index (χ2n) is 7.73. The number of rotatable bonds is 6. The highest BCUT2D eigenvalue weighted by molar-refractivity contribution is 5.90.